The van der Waals surface area contributed by atoms with E-state index in [2.05, 4.69) is 15.3 Å². The van der Waals surface area contributed by atoms with Crippen molar-refractivity contribution in [2.45, 2.75) is 18.8 Å². The summed E-state index contributed by atoms with van der Waals surface area (Å²) >= 11 is 0. The molecule has 5 nitrogen and oxygen atoms in total. The molecule has 8 heteroatoms. The van der Waals surface area contributed by atoms with E-state index in [1.807, 2.05) is 6.92 Å². The van der Waals surface area contributed by atoms with Crippen molar-refractivity contribution in [2.24, 2.45) is 15.7 Å². The van der Waals surface area contributed by atoms with Crippen LogP contribution in [0.1, 0.15) is 6.92 Å². The minimum absolute atomic E-state index is 0.0487. The van der Waals surface area contributed by atoms with E-state index in [0.717, 1.165) is 0 Å². The highest BCUT2D eigenvalue weighted by molar-refractivity contribution is 7.18. The summed E-state index contributed by atoms with van der Waals surface area (Å²) in [6, 6.07) is 0. The zero-order chi connectivity index (χ0) is 11.6. The first-order valence-corrected chi connectivity index (χ1v) is 4.98. The molecule has 2 unspecified atom stereocenters. The standard InChI is InChI=1S/C7H14F2N5P/c1-3-14(2)6-12-4(7(8,9)15)11-5(10)13-6/h4H,3,15H2,1-2H3,(H3,10,11,12,13). The Bertz CT molecular complexity index is 298. The van der Waals surface area contributed by atoms with Gasteiger partial charge in [-0.1, -0.05) is 9.24 Å². The lowest BCUT2D eigenvalue weighted by Gasteiger charge is -2.27. The average Bonchev–Trinajstić information content (AvgIpc) is 2.14. The second-order valence-electron chi connectivity index (χ2n) is 3.15. The number of rotatable bonds is 2. The van der Waals surface area contributed by atoms with Crippen LogP contribution < -0.4 is 11.1 Å². The number of guanidine groups is 2. The highest BCUT2D eigenvalue weighted by Gasteiger charge is 2.36. The number of nitrogens with zero attached hydrogens (tertiary/aromatic N) is 3. The van der Waals surface area contributed by atoms with Crippen LogP contribution in [-0.4, -0.2) is 42.2 Å². The summed E-state index contributed by atoms with van der Waals surface area (Å²) in [6.45, 7) is 2.51. The first-order chi connectivity index (χ1) is 6.84. The Morgan fingerprint density at radius 1 is 1.60 bits per heavy atom. The van der Waals surface area contributed by atoms with Crippen molar-refractivity contribution < 1.29 is 8.78 Å². The van der Waals surface area contributed by atoms with Crippen LogP contribution >= 0.6 is 9.24 Å². The van der Waals surface area contributed by atoms with E-state index >= 15 is 0 Å². The topological polar surface area (TPSA) is 66.0 Å². The molecule has 15 heavy (non-hydrogen) atoms. The van der Waals surface area contributed by atoms with Gasteiger partial charge in [-0.05, 0) is 6.92 Å². The molecule has 0 radical (unpaired) electrons. The fourth-order valence-corrected chi connectivity index (χ4v) is 1.12. The van der Waals surface area contributed by atoms with Gasteiger partial charge in [-0.3, -0.25) is 5.32 Å². The lowest BCUT2D eigenvalue weighted by molar-refractivity contribution is 0.0764. The third-order valence-corrected chi connectivity index (χ3v) is 2.22. The normalized spacial score (nSPS) is 21.5. The summed E-state index contributed by atoms with van der Waals surface area (Å²) in [5, 5.41) is 2.63. The van der Waals surface area contributed by atoms with Crippen molar-refractivity contribution in [3.8, 4) is 0 Å². The van der Waals surface area contributed by atoms with Crippen LogP contribution in [0.15, 0.2) is 9.98 Å². The summed E-state index contributed by atoms with van der Waals surface area (Å²) < 4.78 is 25.9. The Morgan fingerprint density at radius 3 is 2.67 bits per heavy atom. The molecule has 1 aliphatic rings. The Balaban J connectivity index is 2.90. The molecule has 0 fully saturated rings. The molecular formula is C7H14F2N5P. The molecule has 0 aromatic rings. The van der Waals surface area contributed by atoms with Gasteiger partial charge in [0.05, 0.1) is 0 Å². The number of nitrogens with one attached hydrogen (secondary N) is 1. The maximum Gasteiger partial charge on any atom is 0.300 e. The van der Waals surface area contributed by atoms with Gasteiger partial charge in [-0.25, -0.2) is 9.98 Å². The van der Waals surface area contributed by atoms with E-state index in [1.54, 1.807) is 11.9 Å². The SMILES string of the molecule is CCN(C)C1=NC(C(F)(F)P)N=C(N)N1. The van der Waals surface area contributed by atoms with E-state index in [4.69, 9.17) is 5.73 Å². The molecule has 0 aliphatic carbocycles. The number of aliphatic imine (C=N–C) groups is 2. The maximum absolute atomic E-state index is 13.0. The van der Waals surface area contributed by atoms with Crippen LogP contribution in [-0.2, 0) is 0 Å². The minimum atomic E-state index is -3.09. The molecule has 0 aromatic carbocycles. The molecule has 2 atom stereocenters. The fraction of sp³-hybridized carbons (Fsp3) is 0.714. The van der Waals surface area contributed by atoms with Crippen LogP contribution in [0.3, 0.4) is 0 Å². The summed E-state index contributed by atoms with van der Waals surface area (Å²) in [5.41, 5.74) is 2.30. The minimum Gasteiger partial charge on any atom is -0.370 e. The molecule has 0 spiro atoms. The first kappa shape index (κ1) is 12.1. The van der Waals surface area contributed by atoms with Crippen LogP contribution in [0.25, 0.3) is 0 Å². The lowest BCUT2D eigenvalue weighted by atomic mass is 10.5. The van der Waals surface area contributed by atoms with Crippen molar-refractivity contribution in [1.82, 2.24) is 10.2 Å². The van der Waals surface area contributed by atoms with Crippen molar-refractivity contribution in [3.63, 3.8) is 0 Å². The predicted molar refractivity (Wildman–Crippen MR) is 58.9 cm³/mol. The van der Waals surface area contributed by atoms with Gasteiger partial charge in [0.1, 0.15) is 0 Å². The third-order valence-electron chi connectivity index (χ3n) is 1.93. The zero-order valence-corrected chi connectivity index (χ0v) is 9.69. The number of halogens is 2. The molecule has 0 aromatic heterocycles. The number of hydrogen-bond donors (Lipinski definition) is 2. The van der Waals surface area contributed by atoms with Gasteiger partial charge in [0, 0.05) is 13.6 Å². The highest BCUT2D eigenvalue weighted by Crippen LogP contribution is 2.30. The fourth-order valence-electron chi connectivity index (χ4n) is 0.971. The number of nitrogens with two attached hydrogens (primary N) is 1. The van der Waals surface area contributed by atoms with Gasteiger partial charge in [0.2, 0.25) is 12.1 Å². The van der Waals surface area contributed by atoms with E-state index in [-0.39, 0.29) is 5.96 Å². The van der Waals surface area contributed by atoms with Gasteiger partial charge in [0.25, 0.3) is 5.66 Å². The second-order valence-corrected chi connectivity index (χ2v) is 3.92. The number of hydrogen-bond acceptors (Lipinski definition) is 5. The quantitative estimate of drug-likeness (QED) is 0.665. The molecule has 86 valence electrons. The average molecular weight is 237 g/mol. The number of alkyl halides is 2. The van der Waals surface area contributed by atoms with Crippen LogP contribution in [0.2, 0.25) is 0 Å². The second kappa shape index (κ2) is 4.26. The van der Waals surface area contributed by atoms with Gasteiger partial charge in [-0.15, -0.1) is 0 Å². The van der Waals surface area contributed by atoms with Gasteiger partial charge in [-0.2, -0.15) is 8.78 Å². The van der Waals surface area contributed by atoms with Crippen LogP contribution in [0.5, 0.6) is 0 Å². The van der Waals surface area contributed by atoms with Crippen LogP contribution in [0.4, 0.5) is 8.78 Å². The highest BCUT2D eigenvalue weighted by atomic mass is 31.0. The smallest absolute Gasteiger partial charge is 0.300 e. The molecule has 0 bridgehead atoms. The monoisotopic (exact) mass is 237 g/mol. The molecule has 1 aliphatic heterocycles. The molecule has 1 heterocycles. The molecule has 1 rings (SSSR count). The molecular weight excluding hydrogens is 223 g/mol. The molecule has 0 saturated heterocycles. The van der Waals surface area contributed by atoms with E-state index in [1.165, 1.54) is 9.24 Å². The third kappa shape index (κ3) is 2.99. The largest absolute Gasteiger partial charge is 0.370 e. The molecule has 0 amide bonds. The van der Waals surface area contributed by atoms with E-state index in [0.29, 0.717) is 12.5 Å². The Morgan fingerprint density at radius 2 is 2.20 bits per heavy atom. The molecule has 3 N–H and O–H groups in total. The van der Waals surface area contributed by atoms with Crippen molar-refractivity contribution in [3.05, 3.63) is 0 Å². The predicted octanol–water partition coefficient (Wildman–Crippen LogP) is 0.00600. The maximum atomic E-state index is 13.0. The Kier molecular flexibility index (Phi) is 3.44. The van der Waals surface area contributed by atoms with Crippen molar-refractivity contribution in [1.29, 1.82) is 0 Å². The summed E-state index contributed by atoms with van der Waals surface area (Å²) in [5.74, 6) is 0.254. The molecule has 0 saturated carbocycles. The zero-order valence-electron chi connectivity index (χ0n) is 8.54. The van der Waals surface area contributed by atoms with Gasteiger partial charge >= 0.3 is 0 Å². The van der Waals surface area contributed by atoms with Crippen LogP contribution in [0, 0.1) is 0 Å². The van der Waals surface area contributed by atoms with Crippen molar-refractivity contribution >= 4 is 21.2 Å². The van der Waals surface area contributed by atoms with Gasteiger partial charge < -0.3 is 10.6 Å². The summed E-state index contributed by atoms with van der Waals surface area (Å²) in [4.78, 5) is 8.96. The Labute approximate surface area is 89.0 Å². The Hall–Kier alpha value is -0.970. The first-order valence-electron chi connectivity index (χ1n) is 4.40. The summed E-state index contributed by atoms with van der Waals surface area (Å²) in [6.07, 6.45) is -1.48. The van der Waals surface area contributed by atoms with E-state index in [9.17, 15) is 8.78 Å². The van der Waals surface area contributed by atoms with Gasteiger partial charge in [0.15, 0.2) is 5.96 Å². The summed E-state index contributed by atoms with van der Waals surface area (Å²) in [7, 11) is 3.14. The van der Waals surface area contributed by atoms with Crippen molar-refractivity contribution in [2.75, 3.05) is 13.6 Å². The lowest BCUT2D eigenvalue weighted by Crippen LogP contribution is -2.50. The van der Waals surface area contributed by atoms with E-state index < -0.39 is 11.8 Å².